The van der Waals surface area contributed by atoms with E-state index in [2.05, 4.69) is 26.1 Å². The quantitative estimate of drug-likeness (QED) is 0.682. The molecule has 1 atom stereocenters. The first kappa shape index (κ1) is 15.4. The zero-order valence-electron chi connectivity index (χ0n) is 11.7. The maximum Gasteiger partial charge on any atom is 0.240 e. The summed E-state index contributed by atoms with van der Waals surface area (Å²) in [5, 5.41) is 12.6. The van der Waals surface area contributed by atoms with Crippen LogP contribution in [0.25, 0.3) is 0 Å². The summed E-state index contributed by atoms with van der Waals surface area (Å²) in [5.41, 5.74) is 5.25. The predicted octanol–water partition coefficient (Wildman–Crippen LogP) is 0.408. The lowest BCUT2D eigenvalue weighted by molar-refractivity contribution is -0.130. The first-order valence-electron chi connectivity index (χ1n) is 6.56. The second kappa shape index (κ2) is 5.99. The third-order valence-corrected chi connectivity index (χ3v) is 3.18. The summed E-state index contributed by atoms with van der Waals surface area (Å²) in [6, 6.07) is 0. The Bertz CT molecular complexity index is 280. The fourth-order valence-corrected chi connectivity index (χ4v) is 2.13. The van der Waals surface area contributed by atoms with Crippen LogP contribution in [0.4, 0.5) is 0 Å². The molecule has 0 aliphatic carbocycles. The van der Waals surface area contributed by atoms with Crippen LogP contribution < -0.4 is 11.1 Å². The summed E-state index contributed by atoms with van der Waals surface area (Å²) < 4.78 is 5.20. The van der Waals surface area contributed by atoms with Gasteiger partial charge < -0.3 is 20.9 Å². The van der Waals surface area contributed by atoms with Gasteiger partial charge in [0, 0.05) is 19.8 Å². The van der Waals surface area contributed by atoms with Crippen LogP contribution in [-0.2, 0) is 9.53 Å². The van der Waals surface area contributed by atoms with Crippen LogP contribution in [0.15, 0.2) is 0 Å². The molecule has 0 aromatic carbocycles. The van der Waals surface area contributed by atoms with E-state index in [0.29, 0.717) is 32.5 Å². The number of rotatable bonds is 4. The van der Waals surface area contributed by atoms with E-state index in [1.165, 1.54) is 0 Å². The highest BCUT2D eigenvalue weighted by Gasteiger charge is 2.35. The smallest absolute Gasteiger partial charge is 0.240 e. The van der Waals surface area contributed by atoms with E-state index < -0.39 is 11.6 Å². The van der Waals surface area contributed by atoms with Crippen molar-refractivity contribution in [3.63, 3.8) is 0 Å². The highest BCUT2D eigenvalue weighted by molar-refractivity contribution is 5.86. The minimum Gasteiger partial charge on any atom is -0.391 e. The lowest BCUT2D eigenvalue weighted by atomic mass is 9.88. The van der Waals surface area contributed by atoms with Gasteiger partial charge >= 0.3 is 0 Å². The molecule has 4 N–H and O–H groups in total. The van der Waals surface area contributed by atoms with E-state index in [1.54, 1.807) is 0 Å². The number of ether oxygens (including phenoxy) is 1. The summed E-state index contributed by atoms with van der Waals surface area (Å²) in [4.78, 5) is 12.0. The number of aliphatic hydroxyl groups excluding tert-OH is 1. The Morgan fingerprint density at radius 1 is 1.44 bits per heavy atom. The standard InChI is InChI=1S/C13H26N2O3/c1-12(2,3)8-10(16)9-15-11(17)13(14)4-6-18-7-5-13/h10,16H,4-9,14H2,1-3H3,(H,15,17). The van der Waals surface area contributed by atoms with Gasteiger partial charge in [0.25, 0.3) is 0 Å². The number of nitrogens with one attached hydrogen (secondary N) is 1. The zero-order chi connectivity index (χ0) is 13.8. The first-order chi connectivity index (χ1) is 8.23. The zero-order valence-corrected chi connectivity index (χ0v) is 11.7. The van der Waals surface area contributed by atoms with Crippen LogP contribution in [0.5, 0.6) is 0 Å². The van der Waals surface area contributed by atoms with Crippen molar-refractivity contribution in [2.45, 2.75) is 51.7 Å². The first-order valence-corrected chi connectivity index (χ1v) is 6.56. The number of aliphatic hydroxyl groups is 1. The van der Waals surface area contributed by atoms with Gasteiger partial charge in [0.15, 0.2) is 0 Å². The van der Waals surface area contributed by atoms with Gasteiger partial charge in [-0.15, -0.1) is 0 Å². The lowest BCUT2D eigenvalue weighted by Crippen LogP contribution is -2.57. The van der Waals surface area contributed by atoms with Crippen LogP contribution in [0.2, 0.25) is 0 Å². The van der Waals surface area contributed by atoms with E-state index in [-0.39, 0.29) is 17.9 Å². The fourth-order valence-electron chi connectivity index (χ4n) is 2.13. The molecule has 0 aromatic heterocycles. The Kier molecular flexibility index (Phi) is 5.13. The number of carbonyl (C=O) groups is 1. The van der Waals surface area contributed by atoms with Gasteiger partial charge in [0.1, 0.15) is 0 Å². The molecule has 1 fully saturated rings. The second-order valence-corrected chi connectivity index (χ2v) is 6.40. The van der Waals surface area contributed by atoms with Crippen molar-refractivity contribution in [1.82, 2.24) is 5.32 Å². The van der Waals surface area contributed by atoms with Gasteiger partial charge in [-0.05, 0) is 24.7 Å². The summed E-state index contributed by atoms with van der Waals surface area (Å²) in [6.07, 6.45) is 1.19. The van der Waals surface area contributed by atoms with Crippen molar-refractivity contribution in [2.24, 2.45) is 11.1 Å². The van der Waals surface area contributed by atoms with Crippen LogP contribution in [-0.4, -0.2) is 42.4 Å². The van der Waals surface area contributed by atoms with Gasteiger partial charge in [-0.2, -0.15) is 0 Å². The minimum absolute atomic E-state index is 0.0449. The molecule has 1 aliphatic heterocycles. The van der Waals surface area contributed by atoms with Crippen molar-refractivity contribution in [2.75, 3.05) is 19.8 Å². The fraction of sp³-hybridized carbons (Fsp3) is 0.923. The molecule has 0 radical (unpaired) electrons. The number of nitrogens with two attached hydrogens (primary N) is 1. The Morgan fingerprint density at radius 2 is 2.00 bits per heavy atom. The molecule has 1 amide bonds. The third kappa shape index (κ3) is 4.92. The van der Waals surface area contributed by atoms with E-state index in [9.17, 15) is 9.90 Å². The summed E-state index contributed by atoms with van der Waals surface area (Å²) in [5.74, 6) is -0.182. The Hall–Kier alpha value is -0.650. The van der Waals surface area contributed by atoms with Crippen LogP contribution in [0, 0.1) is 5.41 Å². The average Bonchev–Trinajstić information content (AvgIpc) is 2.24. The number of hydrogen-bond acceptors (Lipinski definition) is 4. The van der Waals surface area contributed by atoms with Gasteiger partial charge in [-0.25, -0.2) is 0 Å². The lowest BCUT2D eigenvalue weighted by Gasteiger charge is -2.32. The molecule has 5 heteroatoms. The largest absolute Gasteiger partial charge is 0.391 e. The number of hydrogen-bond donors (Lipinski definition) is 3. The van der Waals surface area contributed by atoms with Gasteiger partial charge in [0.05, 0.1) is 11.6 Å². The van der Waals surface area contributed by atoms with Crippen molar-refractivity contribution in [3.05, 3.63) is 0 Å². The summed E-state index contributed by atoms with van der Waals surface area (Å²) >= 11 is 0. The molecule has 106 valence electrons. The summed E-state index contributed by atoms with van der Waals surface area (Å²) in [7, 11) is 0. The SMILES string of the molecule is CC(C)(C)CC(O)CNC(=O)C1(N)CCOCC1. The van der Waals surface area contributed by atoms with Crippen molar-refractivity contribution in [3.8, 4) is 0 Å². The van der Waals surface area contributed by atoms with E-state index >= 15 is 0 Å². The highest BCUT2D eigenvalue weighted by atomic mass is 16.5. The molecule has 18 heavy (non-hydrogen) atoms. The minimum atomic E-state index is -0.834. The summed E-state index contributed by atoms with van der Waals surface area (Å²) in [6.45, 7) is 7.47. The molecule has 0 bridgehead atoms. The Morgan fingerprint density at radius 3 is 2.50 bits per heavy atom. The maximum absolute atomic E-state index is 12.0. The second-order valence-electron chi connectivity index (χ2n) is 6.40. The van der Waals surface area contributed by atoms with Crippen molar-refractivity contribution >= 4 is 5.91 Å². The molecule has 1 aliphatic rings. The van der Waals surface area contributed by atoms with Crippen molar-refractivity contribution in [1.29, 1.82) is 0 Å². The van der Waals surface area contributed by atoms with Gasteiger partial charge in [-0.1, -0.05) is 20.8 Å². The molecule has 1 rings (SSSR count). The Balaban J connectivity index is 2.36. The molecule has 0 spiro atoms. The number of amides is 1. The maximum atomic E-state index is 12.0. The molecule has 1 unspecified atom stereocenters. The molecule has 1 heterocycles. The van der Waals surface area contributed by atoms with Gasteiger partial charge in [-0.3, -0.25) is 4.79 Å². The van der Waals surface area contributed by atoms with Crippen LogP contribution >= 0.6 is 0 Å². The molecule has 0 saturated carbocycles. The molecular weight excluding hydrogens is 232 g/mol. The molecule has 1 saturated heterocycles. The number of carbonyl (C=O) groups excluding carboxylic acids is 1. The van der Waals surface area contributed by atoms with E-state index in [4.69, 9.17) is 10.5 Å². The van der Waals surface area contributed by atoms with Crippen LogP contribution in [0.3, 0.4) is 0 Å². The van der Waals surface area contributed by atoms with Crippen LogP contribution in [0.1, 0.15) is 40.0 Å². The monoisotopic (exact) mass is 258 g/mol. The van der Waals surface area contributed by atoms with Crippen molar-refractivity contribution < 1.29 is 14.6 Å². The molecular formula is C13H26N2O3. The van der Waals surface area contributed by atoms with E-state index in [1.807, 2.05) is 0 Å². The van der Waals surface area contributed by atoms with Gasteiger partial charge in [0.2, 0.25) is 5.91 Å². The Labute approximate surface area is 109 Å². The predicted molar refractivity (Wildman–Crippen MR) is 70.1 cm³/mol. The topological polar surface area (TPSA) is 84.6 Å². The molecule has 5 nitrogen and oxygen atoms in total. The normalized spacial score (nSPS) is 21.4. The molecule has 0 aromatic rings. The average molecular weight is 258 g/mol. The highest BCUT2D eigenvalue weighted by Crippen LogP contribution is 2.21. The third-order valence-electron chi connectivity index (χ3n) is 3.18. The van der Waals surface area contributed by atoms with E-state index in [0.717, 1.165) is 0 Å².